The molecule has 0 radical (unpaired) electrons. The van der Waals surface area contributed by atoms with Gasteiger partial charge in [-0.25, -0.2) is 0 Å². The minimum Gasteiger partial charge on any atom is -0.399 e. The Balaban J connectivity index is 1.74. The van der Waals surface area contributed by atoms with E-state index in [4.69, 9.17) is 11.5 Å². The number of benzene rings is 2. The predicted molar refractivity (Wildman–Crippen MR) is 116 cm³/mol. The molecule has 0 aliphatic heterocycles. The van der Waals surface area contributed by atoms with Gasteiger partial charge in [-0.3, -0.25) is 4.79 Å². The average Bonchev–Trinajstić information content (AvgIpc) is 2.72. The number of nitrogen functional groups attached to an aromatic ring is 1. The number of nitrogens with zero attached hydrogens (tertiary/aromatic N) is 4. The summed E-state index contributed by atoms with van der Waals surface area (Å²) in [5, 5.41) is 10.2. The quantitative estimate of drug-likeness (QED) is 0.185. The summed E-state index contributed by atoms with van der Waals surface area (Å²) in [5.74, 6) is 0.187. The number of amides is 1. The average molecular weight is 397 g/mol. The maximum absolute atomic E-state index is 12.1. The molecule has 0 aliphatic carbocycles. The lowest BCUT2D eigenvalue weighted by molar-refractivity contribution is -0.121. The highest BCUT2D eigenvalue weighted by Crippen LogP contribution is 2.15. The number of carbonyl (C=O) groups excluding carboxylic acids is 1. The Morgan fingerprint density at radius 3 is 2.34 bits per heavy atom. The first-order valence-electron chi connectivity index (χ1n) is 9.23. The standard InChI is InChI=1S/C20H27N7O2/c1-26(18-11-9-17(21)10-12-18)13-3-4-19(28)23-14-15-5-7-16(8-6-15)20(22)24-27(2)25-29/h5-12H,3-4,13-14,21H2,1-2H3,(H2,22,24)(H,23,28). The molecule has 2 rings (SSSR count). The molecule has 9 heteroatoms. The van der Waals surface area contributed by atoms with Crippen LogP contribution in [0.5, 0.6) is 0 Å². The van der Waals surface area contributed by atoms with Gasteiger partial charge in [0.25, 0.3) is 0 Å². The number of nitrogens with one attached hydrogen (secondary N) is 1. The second kappa shape index (κ2) is 10.6. The highest BCUT2D eigenvalue weighted by Gasteiger charge is 2.06. The number of hydrazone groups is 1. The fraction of sp³-hybridized carbons (Fsp3) is 0.300. The molecule has 0 saturated carbocycles. The first-order valence-corrected chi connectivity index (χ1v) is 9.23. The maximum atomic E-state index is 12.1. The largest absolute Gasteiger partial charge is 0.399 e. The fourth-order valence-corrected chi connectivity index (χ4v) is 2.65. The maximum Gasteiger partial charge on any atom is 0.220 e. The predicted octanol–water partition coefficient (Wildman–Crippen LogP) is 2.04. The van der Waals surface area contributed by atoms with Crippen molar-refractivity contribution in [2.75, 3.05) is 31.3 Å². The van der Waals surface area contributed by atoms with E-state index in [9.17, 15) is 9.70 Å². The van der Waals surface area contributed by atoms with Crippen LogP contribution in [0.25, 0.3) is 0 Å². The van der Waals surface area contributed by atoms with Crippen LogP contribution in [0, 0.1) is 4.91 Å². The number of hydrogen-bond donors (Lipinski definition) is 3. The molecular formula is C20H27N7O2. The van der Waals surface area contributed by atoms with Gasteiger partial charge in [0.1, 0.15) is 0 Å². The normalized spacial score (nSPS) is 11.0. The van der Waals surface area contributed by atoms with Crippen molar-refractivity contribution in [2.24, 2.45) is 16.1 Å². The summed E-state index contributed by atoms with van der Waals surface area (Å²) in [4.78, 5) is 24.5. The number of nitroso groups, excluding NO2 is 1. The molecule has 2 aromatic carbocycles. The smallest absolute Gasteiger partial charge is 0.220 e. The molecule has 154 valence electrons. The van der Waals surface area contributed by atoms with Gasteiger partial charge in [0.05, 0.1) is 12.3 Å². The molecule has 0 fully saturated rings. The van der Waals surface area contributed by atoms with Gasteiger partial charge in [-0.2, -0.15) is 0 Å². The molecule has 29 heavy (non-hydrogen) atoms. The highest BCUT2D eigenvalue weighted by molar-refractivity contribution is 5.97. The zero-order valence-electron chi connectivity index (χ0n) is 16.7. The van der Waals surface area contributed by atoms with E-state index in [1.165, 1.54) is 7.05 Å². The minimum atomic E-state index is -0.000425. The second-order valence-electron chi connectivity index (χ2n) is 6.65. The van der Waals surface area contributed by atoms with Gasteiger partial charge in [0.2, 0.25) is 5.91 Å². The molecule has 0 saturated heterocycles. The van der Waals surface area contributed by atoms with Crippen molar-refractivity contribution >= 4 is 23.1 Å². The Morgan fingerprint density at radius 1 is 1.07 bits per heavy atom. The van der Waals surface area contributed by atoms with Gasteiger partial charge in [-0.05, 0) is 36.2 Å². The number of carbonyl (C=O) groups is 1. The summed E-state index contributed by atoms with van der Waals surface area (Å²) in [6, 6.07) is 14.9. The number of rotatable bonds is 10. The van der Waals surface area contributed by atoms with Crippen LogP contribution in [0.4, 0.5) is 11.4 Å². The fourth-order valence-electron chi connectivity index (χ4n) is 2.65. The first-order chi connectivity index (χ1) is 13.9. The number of anilines is 2. The third-order valence-corrected chi connectivity index (χ3v) is 4.34. The molecule has 5 N–H and O–H groups in total. The number of nitrogens with two attached hydrogens (primary N) is 2. The van der Waals surface area contributed by atoms with E-state index >= 15 is 0 Å². The molecule has 0 bridgehead atoms. The van der Waals surface area contributed by atoms with E-state index in [1.54, 1.807) is 12.1 Å². The number of amidine groups is 1. The molecule has 0 heterocycles. The zero-order chi connectivity index (χ0) is 21.2. The van der Waals surface area contributed by atoms with E-state index in [-0.39, 0.29) is 11.7 Å². The molecule has 1 amide bonds. The van der Waals surface area contributed by atoms with E-state index in [2.05, 4.69) is 20.6 Å². The lowest BCUT2D eigenvalue weighted by Gasteiger charge is -2.19. The van der Waals surface area contributed by atoms with Crippen LogP contribution < -0.4 is 21.7 Å². The van der Waals surface area contributed by atoms with Gasteiger partial charge in [0, 0.05) is 43.5 Å². The molecule has 0 unspecified atom stereocenters. The molecule has 0 aliphatic rings. The number of hydrogen-bond acceptors (Lipinski definition) is 6. The zero-order valence-corrected chi connectivity index (χ0v) is 16.7. The van der Waals surface area contributed by atoms with Gasteiger partial charge in [-0.1, -0.05) is 24.3 Å². The third kappa shape index (κ3) is 7.13. The van der Waals surface area contributed by atoms with Crippen molar-refractivity contribution in [3.63, 3.8) is 0 Å². The van der Waals surface area contributed by atoms with Crippen molar-refractivity contribution in [3.8, 4) is 0 Å². The monoisotopic (exact) mass is 397 g/mol. The lowest BCUT2D eigenvalue weighted by atomic mass is 10.1. The molecule has 2 aromatic rings. The Morgan fingerprint density at radius 2 is 1.72 bits per heavy atom. The van der Waals surface area contributed by atoms with Crippen molar-refractivity contribution in [1.82, 2.24) is 10.4 Å². The van der Waals surface area contributed by atoms with Crippen molar-refractivity contribution < 1.29 is 4.79 Å². The summed E-state index contributed by atoms with van der Waals surface area (Å²) in [6.07, 6.45) is 1.19. The van der Waals surface area contributed by atoms with Crippen LogP contribution in [-0.2, 0) is 11.3 Å². The summed E-state index contributed by atoms with van der Waals surface area (Å²) >= 11 is 0. The Hall–Kier alpha value is -3.62. The highest BCUT2D eigenvalue weighted by atomic mass is 16.3. The van der Waals surface area contributed by atoms with E-state index in [0.29, 0.717) is 18.5 Å². The topological polar surface area (TPSA) is 129 Å². The van der Waals surface area contributed by atoms with E-state index in [0.717, 1.165) is 35.0 Å². The van der Waals surface area contributed by atoms with Gasteiger partial charge in [-0.15, -0.1) is 15.1 Å². The Labute approximate surface area is 170 Å². The first kappa shape index (κ1) is 21.7. The van der Waals surface area contributed by atoms with Crippen LogP contribution in [0.2, 0.25) is 0 Å². The summed E-state index contributed by atoms with van der Waals surface area (Å²) in [5.41, 5.74) is 14.9. The van der Waals surface area contributed by atoms with Gasteiger partial charge in [0.15, 0.2) is 5.84 Å². The molecule has 0 atom stereocenters. The molecule has 0 spiro atoms. The van der Waals surface area contributed by atoms with Crippen LogP contribution in [0.1, 0.15) is 24.0 Å². The van der Waals surface area contributed by atoms with Gasteiger partial charge >= 0.3 is 0 Å². The van der Waals surface area contributed by atoms with Crippen LogP contribution in [-0.4, -0.2) is 37.5 Å². The van der Waals surface area contributed by atoms with Crippen molar-refractivity contribution in [3.05, 3.63) is 64.6 Å². The summed E-state index contributed by atoms with van der Waals surface area (Å²) in [6.45, 7) is 1.20. The van der Waals surface area contributed by atoms with Crippen LogP contribution in [0.15, 0.2) is 58.9 Å². The van der Waals surface area contributed by atoms with Crippen LogP contribution >= 0.6 is 0 Å². The Kier molecular flexibility index (Phi) is 7.96. The SMILES string of the molecule is CN(N=O)/N=C(/N)c1ccc(CNC(=O)CCCN(C)c2ccc(N)cc2)cc1. The minimum absolute atomic E-state index is 0.000425. The van der Waals surface area contributed by atoms with Crippen molar-refractivity contribution in [1.29, 1.82) is 0 Å². The van der Waals surface area contributed by atoms with E-state index < -0.39 is 0 Å². The van der Waals surface area contributed by atoms with Gasteiger partial charge < -0.3 is 21.7 Å². The van der Waals surface area contributed by atoms with Crippen LogP contribution in [0.3, 0.4) is 0 Å². The molecule has 0 aromatic heterocycles. The lowest BCUT2D eigenvalue weighted by Crippen LogP contribution is -2.25. The molecule has 9 nitrogen and oxygen atoms in total. The van der Waals surface area contributed by atoms with Crippen molar-refractivity contribution in [2.45, 2.75) is 19.4 Å². The summed E-state index contributed by atoms with van der Waals surface area (Å²) < 4.78 is 0. The molecular weight excluding hydrogens is 370 g/mol. The Bertz CT molecular complexity index is 835. The summed E-state index contributed by atoms with van der Waals surface area (Å²) in [7, 11) is 3.39. The second-order valence-corrected chi connectivity index (χ2v) is 6.65. The third-order valence-electron chi connectivity index (χ3n) is 4.34. The van der Waals surface area contributed by atoms with E-state index in [1.807, 2.05) is 43.4 Å².